The number of alkyl carbamates (subject to hydrolysis) is 1. The zero-order chi connectivity index (χ0) is 25.8. The van der Waals surface area contributed by atoms with Gasteiger partial charge >= 0.3 is 6.09 Å². The molecule has 1 aromatic rings. The van der Waals surface area contributed by atoms with Crippen LogP contribution in [0.25, 0.3) is 0 Å². The molecule has 9 heteroatoms. The number of hydrogen-bond donors (Lipinski definition) is 5. The summed E-state index contributed by atoms with van der Waals surface area (Å²) in [6.45, 7) is 5.40. The largest absolute Gasteiger partial charge is 0.508 e. The second-order valence-electron chi connectivity index (χ2n) is 9.35. The molecule has 190 valence electrons. The quantitative estimate of drug-likeness (QED) is 0.385. The van der Waals surface area contributed by atoms with Gasteiger partial charge in [-0.2, -0.15) is 0 Å². The number of fused-ring (bicyclic) bond motifs is 4. The fraction of sp³-hybridized carbons (Fsp3) is 0.462. The van der Waals surface area contributed by atoms with Gasteiger partial charge in [-0.05, 0) is 43.5 Å². The van der Waals surface area contributed by atoms with Crippen molar-refractivity contribution < 1.29 is 34.4 Å². The Balaban J connectivity index is 1.99. The van der Waals surface area contributed by atoms with E-state index in [-0.39, 0.29) is 24.5 Å². The van der Waals surface area contributed by atoms with Gasteiger partial charge < -0.3 is 30.1 Å². The first kappa shape index (κ1) is 26.5. The first-order valence-corrected chi connectivity index (χ1v) is 11.6. The number of aliphatic hydroxyl groups is 2. The van der Waals surface area contributed by atoms with Crippen molar-refractivity contribution in [2.24, 2.45) is 5.92 Å². The van der Waals surface area contributed by atoms with Crippen LogP contribution in [-0.2, 0) is 20.7 Å². The maximum absolute atomic E-state index is 12.5. The van der Waals surface area contributed by atoms with Gasteiger partial charge in [0, 0.05) is 31.2 Å². The Morgan fingerprint density at radius 2 is 1.94 bits per heavy atom. The Morgan fingerprint density at radius 3 is 2.66 bits per heavy atom. The van der Waals surface area contributed by atoms with Crippen LogP contribution >= 0.6 is 0 Å². The maximum atomic E-state index is 12.5. The Labute approximate surface area is 205 Å². The molecule has 4 bridgehead atoms. The molecular formula is C26H34N2O7. The lowest BCUT2D eigenvalue weighted by Crippen LogP contribution is -2.63. The van der Waals surface area contributed by atoms with Gasteiger partial charge in [0.1, 0.15) is 18.0 Å². The van der Waals surface area contributed by atoms with Gasteiger partial charge in [0.25, 0.3) is 0 Å². The summed E-state index contributed by atoms with van der Waals surface area (Å²) >= 11 is 0. The van der Waals surface area contributed by atoms with Crippen LogP contribution in [0.1, 0.15) is 39.2 Å². The number of benzene rings is 1. The van der Waals surface area contributed by atoms with E-state index in [1.165, 1.54) is 13.2 Å². The maximum Gasteiger partial charge on any atom is 0.409 e. The van der Waals surface area contributed by atoms with Crippen LogP contribution in [0.15, 0.2) is 53.6 Å². The number of amides is 2. The van der Waals surface area contributed by atoms with E-state index in [1.807, 2.05) is 13.0 Å². The highest BCUT2D eigenvalue weighted by atomic mass is 16.6. The van der Waals surface area contributed by atoms with Crippen LogP contribution in [0, 0.1) is 5.92 Å². The number of methoxy groups -OCH3 is 1. The number of ether oxygens (including phenoxy) is 2. The molecule has 5 atom stereocenters. The second kappa shape index (κ2) is 11.1. The van der Waals surface area contributed by atoms with Crippen molar-refractivity contribution in [1.29, 1.82) is 0 Å². The minimum Gasteiger partial charge on any atom is -0.508 e. The molecule has 5 N–H and O–H groups in total. The molecule has 2 aliphatic heterocycles. The molecule has 0 unspecified atom stereocenters. The van der Waals surface area contributed by atoms with Crippen molar-refractivity contribution in [2.75, 3.05) is 12.4 Å². The van der Waals surface area contributed by atoms with E-state index in [0.29, 0.717) is 17.7 Å². The fourth-order valence-electron chi connectivity index (χ4n) is 4.39. The molecule has 2 amide bonds. The molecule has 0 radical (unpaired) electrons. The predicted molar refractivity (Wildman–Crippen MR) is 131 cm³/mol. The highest BCUT2D eigenvalue weighted by molar-refractivity contribution is 5.91. The number of carbonyl (C=O) groups excluding carboxylic acids is 2. The van der Waals surface area contributed by atoms with E-state index in [1.54, 1.807) is 44.2 Å². The molecule has 35 heavy (non-hydrogen) atoms. The SMILES string of the molecule is CO[C@@H]1/C=C/C=C(\C)Cc2cc(O)cc(c2)NC(=O)C[C@H](O)/C(C)=C/[C@H](C)[C@@H]2C[C@@]1(O)NC(=O)O2. The van der Waals surface area contributed by atoms with E-state index < -0.39 is 36.0 Å². The molecule has 1 aromatic carbocycles. The van der Waals surface area contributed by atoms with Crippen molar-refractivity contribution in [2.45, 2.75) is 64.1 Å². The number of rotatable bonds is 1. The molecule has 0 aliphatic carbocycles. The number of aliphatic hydroxyl groups excluding tert-OH is 1. The standard InChI is InChI=1S/C26H34N2O7/c1-15-6-5-7-23(34-4)26(33)14-22(35-25(32)28-26)17(3)9-16(2)21(30)13-24(31)27-19-10-18(8-15)11-20(29)12-19/h5-7,9-12,17,21-23,29-30,33H,8,13-14H2,1-4H3,(H,27,31)(H,28,32)/b7-5+,15-6+,16-9+/t17-,21-,22-,23+,26-/m0/s1. The van der Waals surface area contributed by atoms with Crippen molar-refractivity contribution in [3.63, 3.8) is 0 Å². The summed E-state index contributed by atoms with van der Waals surface area (Å²) < 4.78 is 10.9. The minimum absolute atomic E-state index is 0.0159. The highest BCUT2D eigenvalue weighted by Gasteiger charge is 2.46. The summed E-state index contributed by atoms with van der Waals surface area (Å²) in [5.74, 6) is -0.750. The summed E-state index contributed by atoms with van der Waals surface area (Å²) in [6.07, 6.45) is 3.97. The van der Waals surface area contributed by atoms with Gasteiger partial charge in [-0.15, -0.1) is 0 Å². The van der Waals surface area contributed by atoms with Crippen LogP contribution in [0.4, 0.5) is 10.5 Å². The van der Waals surface area contributed by atoms with Gasteiger partial charge in [0.05, 0.1) is 12.5 Å². The molecular weight excluding hydrogens is 452 g/mol. The first-order chi connectivity index (χ1) is 16.5. The number of anilines is 1. The molecule has 0 spiro atoms. The van der Waals surface area contributed by atoms with Crippen molar-refractivity contribution >= 4 is 17.7 Å². The number of nitrogens with one attached hydrogen (secondary N) is 2. The third-order valence-corrected chi connectivity index (χ3v) is 6.24. The molecule has 0 aromatic heterocycles. The molecule has 3 rings (SSSR count). The van der Waals surface area contributed by atoms with Crippen LogP contribution in [0.3, 0.4) is 0 Å². The number of hydrogen-bond acceptors (Lipinski definition) is 7. The van der Waals surface area contributed by atoms with Crippen LogP contribution in [0.2, 0.25) is 0 Å². The van der Waals surface area contributed by atoms with Gasteiger partial charge in [-0.1, -0.05) is 36.8 Å². The Hall–Kier alpha value is -3.14. The molecule has 9 nitrogen and oxygen atoms in total. The predicted octanol–water partition coefficient (Wildman–Crippen LogP) is 2.92. The first-order valence-electron chi connectivity index (χ1n) is 11.6. The number of carbonyl (C=O) groups is 2. The lowest BCUT2D eigenvalue weighted by atomic mass is 9.89. The van der Waals surface area contributed by atoms with Crippen molar-refractivity contribution in [3.05, 3.63) is 59.2 Å². The van der Waals surface area contributed by atoms with Crippen LogP contribution in [0.5, 0.6) is 5.75 Å². The Morgan fingerprint density at radius 1 is 1.20 bits per heavy atom. The van der Waals surface area contributed by atoms with Gasteiger partial charge in [0.15, 0.2) is 5.72 Å². The van der Waals surface area contributed by atoms with Crippen LogP contribution < -0.4 is 10.6 Å². The smallest absolute Gasteiger partial charge is 0.409 e. The molecule has 2 aliphatic rings. The summed E-state index contributed by atoms with van der Waals surface area (Å²) in [7, 11) is 1.44. The molecule has 0 saturated carbocycles. The fourth-order valence-corrected chi connectivity index (χ4v) is 4.39. The molecule has 2 heterocycles. The van der Waals surface area contributed by atoms with E-state index in [4.69, 9.17) is 9.47 Å². The lowest BCUT2D eigenvalue weighted by molar-refractivity contribution is -0.138. The minimum atomic E-state index is -1.70. The summed E-state index contributed by atoms with van der Waals surface area (Å²) in [5.41, 5.74) is 0.990. The van der Waals surface area contributed by atoms with Gasteiger partial charge in [0.2, 0.25) is 5.91 Å². The molecule has 1 saturated heterocycles. The normalized spacial score (nSPS) is 34.3. The van der Waals surface area contributed by atoms with Crippen molar-refractivity contribution in [3.8, 4) is 5.75 Å². The van der Waals surface area contributed by atoms with E-state index in [0.717, 1.165) is 11.1 Å². The molecule has 1 fully saturated rings. The number of allylic oxidation sites excluding steroid dienone is 3. The zero-order valence-electron chi connectivity index (χ0n) is 20.4. The summed E-state index contributed by atoms with van der Waals surface area (Å²) in [6, 6.07) is 4.83. The lowest BCUT2D eigenvalue weighted by Gasteiger charge is -2.41. The van der Waals surface area contributed by atoms with E-state index in [9.17, 15) is 24.9 Å². The summed E-state index contributed by atoms with van der Waals surface area (Å²) in [5, 5.41) is 37.2. The topological polar surface area (TPSA) is 137 Å². The van der Waals surface area contributed by atoms with Crippen molar-refractivity contribution in [1.82, 2.24) is 5.32 Å². The third kappa shape index (κ3) is 6.94. The number of phenols is 1. The summed E-state index contributed by atoms with van der Waals surface area (Å²) in [4.78, 5) is 24.8. The van der Waals surface area contributed by atoms with Gasteiger partial charge in [-0.3, -0.25) is 10.1 Å². The van der Waals surface area contributed by atoms with E-state index >= 15 is 0 Å². The monoisotopic (exact) mass is 486 g/mol. The number of phenolic OH excluding ortho intramolecular Hbond substituents is 1. The average molecular weight is 487 g/mol. The van der Waals surface area contributed by atoms with Crippen LogP contribution in [-0.4, -0.2) is 58.5 Å². The average Bonchev–Trinajstić information content (AvgIpc) is 2.74. The third-order valence-electron chi connectivity index (χ3n) is 6.24. The Kier molecular flexibility index (Phi) is 8.37. The number of aromatic hydroxyl groups is 1. The van der Waals surface area contributed by atoms with E-state index in [2.05, 4.69) is 10.6 Å². The highest BCUT2D eigenvalue weighted by Crippen LogP contribution is 2.30. The second-order valence-corrected chi connectivity index (χ2v) is 9.35. The zero-order valence-corrected chi connectivity index (χ0v) is 20.4. The Bertz CT molecular complexity index is 1050. The van der Waals surface area contributed by atoms with Gasteiger partial charge in [-0.25, -0.2) is 4.79 Å².